The fourth-order valence-corrected chi connectivity index (χ4v) is 1.77. The second-order valence-electron chi connectivity index (χ2n) is 2.92. The van der Waals surface area contributed by atoms with Crippen LogP contribution in [0.1, 0.15) is 5.56 Å². The summed E-state index contributed by atoms with van der Waals surface area (Å²) in [7, 11) is -3.00. The molecule has 1 rings (SSSR count). The number of sulfone groups is 1. The van der Waals surface area contributed by atoms with Crippen molar-refractivity contribution >= 4 is 15.4 Å². The van der Waals surface area contributed by atoms with E-state index in [1.807, 2.05) is 0 Å². The van der Waals surface area contributed by atoms with Gasteiger partial charge in [0.2, 0.25) is 0 Å². The molecule has 1 aromatic heterocycles. The van der Waals surface area contributed by atoms with Crippen molar-refractivity contribution in [3.8, 4) is 0 Å². The van der Waals surface area contributed by atoms with Gasteiger partial charge in [0.15, 0.2) is 9.84 Å². The smallest absolute Gasteiger partial charge is 0.151 e. The van der Waals surface area contributed by atoms with Crippen LogP contribution in [0.3, 0.4) is 0 Å². The second-order valence-corrected chi connectivity index (χ2v) is 5.06. The Hall–Kier alpha value is -1.16. The standard InChI is InChI=1S/C9H11NO2S/c1-8(7-13(2,11)12)9-4-3-5-10-6-9/h3-6H,1,7H2,2H3. The maximum Gasteiger partial charge on any atom is 0.151 e. The van der Waals surface area contributed by atoms with Gasteiger partial charge < -0.3 is 0 Å². The van der Waals surface area contributed by atoms with E-state index < -0.39 is 9.84 Å². The molecule has 0 spiro atoms. The summed E-state index contributed by atoms with van der Waals surface area (Å²) in [5.41, 5.74) is 1.35. The maximum atomic E-state index is 10.9. The van der Waals surface area contributed by atoms with Crippen molar-refractivity contribution < 1.29 is 8.42 Å². The Balaban J connectivity index is 2.82. The molecule has 0 saturated heterocycles. The summed E-state index contributed by atoms with van der Waals surface area (Å²) in [6.45, 7) is 3.69. The fourth-order valence-electron chi connectivity index (χ4n) is 0.972. The Morgan fingerprint density at radius 1 is 1.62 bits per heavy atom. The average molecular weight is 197 g/mol. The molecule has 0 atom stereocenters. The zero-order valence-electron chi connectivity index (χ0n) is 7.40. The van der Waals surface area contributed by atoms with Gasteiger partial charge in [0.25, 0.3) is 0 Å². The molecule has 4 heteroatoms. The van der Waals surface area contributed by atoms with Crippen molar-refractivity contribution in [1.82, 2.24) is 4.98 Å². The molecule has 0 aliphatic carbocycles. The van der Waals surface area contributed by atoms with Crippen LogP contribution in [0.2, 0.25) is 0 Å². The fraction of sp³-hybridized carbons (Fsp3) is 0.222. The van der Waals surface area contributed by atoms with Crippen LogP contribution < -0.4 is 0 Å². The first-order valence-electron chi connectivity index (χ1n) is 3.75. The van der Waals surface area contributed by atoms with E-state index in [4.69, 9.17) is 0 Å². The van der Waals surface area contributed by atoms with Gasteiger partial charge in [0.05, 0.1) is 5.75 Å². The molecule has 0 fully saturated rings. The number of hydrogen-bond donors (Lipinski definition) is 0. The van der Waals surface area contributed by atoms with Gasteiger partial charge >= 0.3 is 0 Å². The molecular formula is C9H11NO2S. The third-order valence-electron chi connectivity index (χ3n) is 1.51. The van der Waals surface area contributed by atoms with Crippen LogP contribution in [-0.4, -0.2) is 25.4 Å². The van der Waals surface area contributed by atoms with Crippen LogP contribution >= 0.6 is 0 Å². The second kappa shape index (κ2) is 3.70. The van der Waals surface area contributed by atoms with Crippen molar-refractivity contribution in [2.45, 2.75) is 0 Å². The normalized spacial score (nSPS) is 11.2. The molecule has 70 valence electrons. The molecular weight excluding hydrogens is 186 g/mol. The minimum absolute atomic E-state index is 0.0152. The lowest BCUT2D eigenvalue weighted by atomic mass is 10.2. The minimum Gasteiger partial charge on any atom is -0.264 e. The molecule has 13 heavy (non-hydrogen) atoms. The molecule has 0 amide bonds. The van der Waals surface area contributed by atoms with E-state index in [-0.39, 0.29) is 5.75 Å². The Bertz CT molecular complexity index is 395. The van der Waals surface area contributed by atoms with E-state index in [2.05, 4.69) is 11.6 Å². The first kappa shape index (κ1) is 9.92. The summed E-state index contributed by atoms with van der Waals surface area (Å²) in [4.78, 5) is 3.88. The molecule has 0 N–H and O–H groups in total. The van der Waals surface area contributed by atoms with Crippen molar-refractivity contribution in [3.63, 3.8) is 0 Å². The first-order valence-corrected chi connectivity index (χ1v) is 5.81. The van der Waals surface area contributed by atoms with Crippen molar-refractivity contribution in [2.24, 2.45) is 0 Å². The average Bonchev–Trinajstić information content (AvgIpc) is 2.03. The molecule has 3 nitrogen and oxygen atoms in total. The van der Waals surface area contributed by atoms with E-state index in [0.29, 0.717) is 5.57 Å². The molecule has 0 bridgehead atoms. The highest BCUT2D eigenvalue weighted by molar-refractivity contribution is 7.91. The van der Waals surface area contributed by atoms with Crippen LogP contribution in [-0.2, 0) is 9.84 Å². The highest BCUT2D eigenvalue weighted by atomic mass is 32.2. The summed E-state index contributed by atoms with van der Waals surface area (Å²) in [6.07, 6.45) is 4.43. The number of pyridine rings is 1. The number of hydrogen-bond acceptors (Lipinski definition) is 3. The summed E-state index contributed by atoms with van der Waals surface area (Å²) < 4.78 is 21.9. The SMILES string of the molecule is C=C(CS(C)(=O)=O)c1cccnc1. The Morgan fingerprint density at radius 2 is 2.31 bits per heavy atom. The molecule has 1 aromatic rings. The highest BCUT2D eigenvalue weighted by Gasteiger charge is 2.06. The molecule has 0 saturated carbocycles. The first-order chi connectivity index (χ1) is 5.99. The van der Waals surface area contributed by atoms with Gasteiger partial charge in [-0.1, -0.05) is 12.6 Å². The molecule has 0 aliphatic rings. The zero-order valence-corrected chi connectivity index (χ0v) is 8.21. The van der Waals surface area contributed by atoms with Gasteiger partial charge in [-0.3, -0.25) is 4.98 Å². The van der Waals surface area contributed by atoms with Crippen molar-refractivity contribution in [2.75, 3.05) is 12.0 Å². The van der Waals surface area contributed by atoms with Crippen LogP contribution in [0.25, 0.3) is 5.57 Å². The summed E-state index contributed by atoms with van der Waals surface area (Å²) in [6, 6.07) is 3.54. The lowest BCUT2D eigenvalue weighted by Gasteiger charge is -2.02. The molecule has 0 radical (unpaired) electrons. The zero-order chi connectivity index (χ0) is 9.90. The summed E-state index contributed by atoms with van der Waals surface area (Å²) >= 11 is 0. The third-order valence-corrected chi connectivity index (χ3v) is 2.38. The van der Waals surface area contributed by atoms with Crippen LogP contribution in [0.15, 0.2) is 31.1 Å². The highest BCUT2D eigenvalue weighted by Crippen LogP contribution is 2.11. The topological polar surface area (TPSA) is 47.0 Å². The molecule has 1 heterocycles. The lowest BCUT2D eigenvalue weighted by Crippen LogP contribution is -2.04. The molecule has 0 unspecified atom stereocenters. The number of rotatable bonds is 3. The molecule has 0 aliphatic heterocycles. The monoisotopic (exact) mass is 197 g/mol. The van der Waals surface area contributed by atoms with Gasteiger partial charge in [-0.05, 0) is 17.2 Å². The van der Waals surface area contributed by atoms with E-state index >= 15 is 0 Å². The third kappa shape index (κ3) is 3.38. The predicted molar refractivity (Wildman–Crippen MR) is 53.0 cm³/mol. The van der Waals surface area contributed by atoms with Gasteiger partial charge in [0, 0.05) is 18.6 Å². The van der Waals surface area contributed by atoms with Gasteiger partial charge in [-0.25, -0.2) is 8.42 Å². The van der Waals surface area contributed by atoms with Gasteiger partial charge in [-0.2, -0.15) is 0 Å². The largest absolute Gasteiger partial charge is 0.264 e. The summed E-state index contributed by atoms with van der Waals surface area (Å²) in [5, 5.41) is 0. The molecule has 0 aromatic carbocycles. The number of aromatic nitrogens is 1. The van der Waals surface area contributed by atoms with E-state index in [9.17, 15) is 8.42 Å². The minimum atomic E-state index is -3.00. The summed E-state index contributed by atoms with van der Waals surface area (Å²) in [5.74, 6) is -0.0152. The van der Waals surface area contributed by atoms with E-state index in [0.717, 1.165) is 5.56 Å². The Labute approximate surface area is 78.0 Å². The van der Waals surface area contributed by atoms with Crippen molar-refractivity contribution in [1.29, 1.82) is 0 Å². The van der Waals surface area contributed by atoms with Crippen LogP contribution in [0, 0.1) is 0 Å². The van der Waals surface area contributed by atoms with E-state index in [1.54, 1.807) is 24.5 Å². The Morgan fingerprint density at radius 3 is 2.77 bits per heavy atom. The maximum absolute atomic E-state index is 10.9. The van der Waals surface area contributed by atoms with Crippen molar-refractivity contribution in [3.05, 3.63) is 36.7 Å². The van der Waals surface area contributed by atoms with Gasteiger partial charge in [-0.15, -0.1) is 0 Å². The quantitative estimate of drug-likeness (QED) is 0.730. The number of nitrogens with zero attached hydrogens (tertiary/aromatic N) is 1. The van der Waals surface area contributed by atoms with Crippen LogP contribution in [0.4, 0.5) is 0 Å². The van der Waals surface area contributed by atoms with Gasteiger partial charge in [0.1, 0.15) is 0 Å². The van der Waals surface area contributed by atoms with E-state index in [1.165, 1.54) is 6.26 Å². The van der Waals surface area contributed by atoms with Crippen LogP contribution in [0.5, 0.6) is 0 Å². The lowest BCUT2D eigenvalue weighted by molar-refractivity contribution is 0.605. The predicted octanol–water partition coefficient (Wildman–Crippen LogP) is 1.14. The Kier molecular flexibility index (Phi) is 2.83.